The topological polar surface area (TPSA) is 228 Å². The Balaban J connectivity index is 1.72. The molecule has 2 saturated heterocycles. The van der Waals surface area contributed by atoms with Crippen LogP contribution >= 0.6 is 0 Å². The summed E-state index contributed by atoms with van der Waals surface area (Å²) in [6.45, 7) is 2.64. The summed E-state index contributed by atoms with van der Waals surface area (Å²) >= 11 is 0. The second-order valence-corrected chi connectivity index (χ2v) is 25.7. The van der Waals surface area contributed by atoms with Crippen LogP contribution in [-0.4, -0.2) is 140 Å². The van der Waals surface area contributed by atoms with Crippen molar-refractivity contribution in [2.24, 2.45) is 0 Å². The van der Waals surface area contributed by atoms with E-state index in [0.717, 1.165) is 103 Å². The number of carbonyl (C=O) groups excluding carboxylic acids is 1. The molecular formula is C82H135NO13. The Labute approximate surface area is 582 Å². The summed E-state index contributed by atoms with van der Waals surface area (Å²) in [6, 6.07) is -0.976. The summed E-state index contributed by atoms with van der Waals surface area (Å²) in [4.78, 5) is 13.3. The Hall–Kier alpha value is -4.39. The van der Waals surface area contributed by atoms with Gasteiger partial charge in [0.15, 0.2) is 12.6 Å². The first-order valence-electron chi connectivity index (χ1n) is 37.7. The molecule has 1 amide bonds. The Morgan fingerprint density at radius 2 is 0.729 bits per heavy atom. The van der Waals surface area contributed by atoms with Crippen LogP contribution in [0.3, 0.4) is 0 Å². The smallest absolute Gasteiger partial charge is 0.220 e. The zero-order chi connectivity index (χ0) is 69.4. The van der Waals surface area contributed by atoms with E-state index < -0.39 is 86.8 Å². The lowest BCUT2D eigenvalue weighted by Crippen LogP contribution is -2.65. The third kappa shape index (κ3) is 46.8. The molecule has 546 valence electrons. The average Bonchev–Trinajstić information content (AvgIpc) is 0.812. The van der Waals surface area contributed by atoms with Gasteiger partial charge in [-0.15, -0.1) is 0 Å². The second kappa shape index (κ2) is 64.0. The highest BCUT2D eigenvalue weighted by Crippen LogP contribution is 2.30. The molecule has 2 aliphatic rings. The van der Waals surface area contributed by atoms with E-state index in [9.17, 15) is 45.6 Å². The van der Waals surface area contributed by atoms with Crippen LogP contribution in [0.4, 0.5) is 0 Å². The zero-order valence-corrected chi connectivity index (χ0v) is 59.5. The lowest BCUT2D eigenvalue weighted by molar-refractivity contribution is -0.359. The quantitative estimate of drug-likeness (QED) is 0.0204. The van der Waals surface area contributed by atoms with E-state index in [1.807, 2.05) is 6.08 Å². The third-order valence-electron chi connectivity index (χ3n) is 17.2. The lowest BCUT2D eigenvalue weighted by Gasteiger charge is -2.46. The normalized spacial score (nSPS) is 23.2. The first-order chi connectivity index (χ1) is 47.1. The molecule has 0 radical (unpaired) electrons. The minimum Gasteiger partial charge on any atom is -0.394 e. The summed E-state index contributed by atoms with van der Waals surface area (Å²) in [5.41, 5.74) is 0. The average molecular weight is 1340 g/mol. The van der Waals surface area contributed by atoms with Gasteiger partial charge in [-0.2, -0.15) is 0 Å². The van der Waals surface area contributed by atoms with Crippen LogP contribution in [0.5, 0.6) is 0 Å². The summed E-state index contributed by atoms with van der Waals surface area (Å²) in [5, 5.41) is 87.5. The number of allylic oxidation sites excluding steroid dienone is 25. The third-order valence-corrected chi connectivity index (χ3v) is 17.2. The van der Waals surface area contributed by atoms with Gasteiger partial charge in [-0.05, 0) is 122 Å². The van der Waals surface area contributed by atoms with E-state index in [1.54, 1.807) is 6.08 Å². The monoisotopic (exact) mass is 1340 g/mol. The number of carbonyl (C=O) groups is 1. The Morgan fingerprint density at radius 3 is 1.15 bits per heavy atom. The molecule has 0 aromatic rings. The van der Waals surface area contributed by atoms with Crippen molar-refractivity contribution in [2.75, 3.05) is 19.8 Å². The number of hydrogen-bond acceptors (Lipinski definition) is 13. The van der Waals surface area contributed by atoms with Crippen LogP contribution in [0.1, 0.15) is 258 Å². The molecule has 0 aliphatic carbocycles. The van der Waals surface area contributed by atoms with Gasteiger partial charge in [0.2, 0.25) is 5.91 Å². The fourth-order valence-electron chi connectivity index (χ4n) is 11.2. The van der Waals surface area contributed by atoms with Crippen molar-refractivity contribution < 1.29 is 64.6 Å². The highest BCUT2D eigenvalue weighted by atomic mass is 16.7. The van der Waals surface area contributed by atoms with Gasteiger partial charge >= 0.3 is 0 Å². The van der Waals surface area contributed by atoms with Crippen molar-refractivity contribution >= 4 is 5.91 Å². The first-order valence-corrected chi connectivity index (χ1v) is 37.7. The summed E-state index contributed by atoms with van der Waals surface area (Å²) in [5.74, 6) is -0.301. The van der Waals surface area contributed by atoms with Crippen molar-refractivity contribution in [3.63, 3.8) is 0 Å². The van der Waals surface area contributed by atoms with E-state index in [-0.39, 0.29) is 18.9 Å². The molecule has 12 unspecified atom stereocenters. The van der Waals surface area contributed by atoms with Crippen LogP contribution in [0.25, 0.3) is 0 Å². The van der Waals surface area contributed by atoms with Crippen molar-refractivity contribution in [1.29, 1.82) is 0 Å². The molecule has 0 spiro atoms. The molecule has 14 nitrogen and oxygen atoms in total. The minimum atomic E-state index is -1.81. The predicted octanol–water partition coefficient (Wildman–Crippen LogP) is 16.6. The van der Waals surface area contributed by atoms with Gasteiger partial charge in [0.05, 0.1) is 32.0 Å². The van der Waals surface area contributed by atoms with Crippen LogP contribution in [-0.2, 0) is 23.7 Å². The Morgan fingerprint density at radius 1 is 0.385 bits per heavy atom. The first kappa shape index (κ1) is 87.7. The molecule has 2 fully saturated rings. The van der Waals surface area contributed by atoms with E-state index in [2.05, 4.69) is 165 Å². The van der Waals surface area contributed by atoms with Crippen LogP contribution < -0.4 is 5.32 Å². The highest BCUT2D eigenvalue weighted by Gasteiger charge is 2.51. The fraction of sp³-hybridized carbons (Fsp3) is 0.671. The predicted molar refractivity (Wildman–Crippen MR) is 396 cm³/mol. The maximum Gasteiger partial charge on any atom is 0.220 e. The van der Waals surface area contributed by atoms with Gasteiger partial charge < -0.3 is 65.1 Å². The zero-order valence-electron chi connectivity index (χ0n) is 59.5. The number of nitrogens with one attached hydrogen (secondary N) is 1. The van der Waals surface area contributed by atoms with Gasteiger partial charge in [0, 0.05) is 6.42 Å². The van der Waals surface area contributed by atoms with E-state index in [1.165, 1.54) is 122 Å². The molecule has 0 aromatic carbocycles. The summed E-state index contributed by atoms with van der Waals surface area (Å²) in [6.07, 6.45) is 81.7. The van der Waals surface area contributed by atoms with Crippen molar-refractivity contribution in [1.82, 2.24) is 5.32 Å². The van der Waals surface area contributed by atoms with E-state index in [4.69, 9.17) is 18.9 Å². The van der Waals surface area contributed by atoms with Gasteiger partial charge in [-0.3, -0.25) is 4.79 Å². The van der Waals surface area contributed by atoms with Crippen LogP contribution in [0.2, 0.25) is 0 Å². The van der Waals surface area contributed by atoms with E-state index >= 15 is 0 Å². The fourth-order valence-corrected chi connectivity index (χ4v) is 11.2. The molecule has 2 rings (SSSR count). The van der Waals surface area contributed by atoms with Gasteiger partial charge in [-0.25, -0.2) is 0 Å². The van der Waals surface area contributed by atoms with Gasteiger partial charge in [0.1, 0.15) is 48.8 Å². The molecule has 0 bridgehead atoms. The summed E-state index contributed by atoms with van der Waals surface area (Å²) in [7, 11) is 0. The molecule has 14 heteroatoms. The van der Waals surface area contributed by atoms with Crippen molar-refractivity contribution in [2.45, 2.75) is 331 Å². The van der Waals surface area contributed by atoms with Gasteiger partial charge in [0.25, 0.3) is 0 Å². The number of unbranched alkanes of at least 4 members (excludes halogenated alkanes) is 23. The second-order valence-electron chi connectivity index (χ2n) is 25.7. The van der Waals surface area contributed by atoms with Crippen LogP contribution in [0, 0.1) is 0 Å². The number of ether oxygens (including phenoxy) is 4. The maximum absolute atomic E-state index is 13.3. The number of hydrogen-bond donors (Lipinski definition) is 9. The molecule has 0 aromatic heterocycles. The largest absolute Gasteiger partial charge is 0.394 e. The van der Waals surface area contributed by atoms with Crippen molar-refractivity contribution in [3.05, 3.63) is 158 Å². The minimum absolute atomic E-state index is 0.203. The molecule has 0 saturated carbocycles. The number of rotatable bonds is 60. The molecular weight excluding hydrogens is 1210 g/mol. The maximum atomic E-state index is 13.3. The molecule has 12 atom stereocenters. The highest BCUT2D eigenvalue weighted by molar-refractivity contribution is 5.76. The van der Waals surface area contributed by atoms with Gasteiger partial charge in [-0.1, -0.05) is 287 Å². The molecule has 96 heavy (non-hydrogen) atoms. The SMILES string of the molecule is CC/C=C\C/C=C\C/C=C\C/C=C\C/C=C\C/C=C\C/C=C\C/C=C\C/C=C\C/C=C\CCCCC(=O)NC(COC1OC(CO)C(OC2OC(CO)C(O)C(O)C2O)C(O)C1O)C(O)/C=C/CC/C=C/CC/C=C/CCCCCCCCCCCCCCCCCCCCC. The van der Waals surface area contributed by atoms with E-state index in [0.29, 0.717) is 12.8 Å². The Bertz CT molecular complexity index is 2220. The molecule has 2 heterocycles. The van der Waals surface area contributed by atoms with Crippen LogP contribution in [0.15, 0.2) is 158 Å². The Kier molecular flexibility index (Phi) is 58.5. The lowest BCUT2D eigenvalue weighted by atomic mass is 9.97. The number of aliphatic hydroxyl groups excluding tert-OH is 8. The molecule has 9 N–H and O–H groups in total. The number of amides is 1. The molecule has 2 aliphatic heterocycles. The van der Waals surface area contributed by atoms with Crippen molar-refractivity contribution in [3.8, 4) is 0 Å². The standard InChI is InChI=1S/C82H135NO13/c1-3-5-7-9-11-13-15-17-19-21-23-25-27-29-31-33-34-35-36-38-40-42-44-46-48-50-52-54-56-58-60-62-64-66-74(87)83-70(69-93-81-79(92)77(90)80(73(68-85)95-81)96-82-78(91)76(89)75(88)72(67-84)94-82)71(86)65-63-61-59-57-55-53-51-49-47-45-43-41-39-37-32-30-28-26-24-22-20-18-16-14-12-10-8-6-4-2/h5,7,11,13,17,19,23,25,29,31,34-35,38,40,44,46-47,49-50,52,55-58,63,65,70-73,75-82,84-86,88-92H,3-4,6,8-10,12,14-16,18,20-22,24,26-28,30,32-33,36-37,39,41-43,45,48,51,53-54,59-62,64,66-69H2,1-2H3,(H,83,87)/b7-5-,13-11-,19-17-,25-23-,31-29-,35-34-,40-38-,46-44-,49-47+,52-50-,57-55+,58-56-,65-63+. The summed E-state index contributed by atoms with van der Waals surface area (Å²) < 4.78 is 22.8. The number of aliphatic hydroxyl groups is 8.